The molecule has 7 heteroatoms. The van der Waals surface area contributed by atoms with Crippen LogP contribution in [0.25, 0.3) is 16.6 Å². The molecule has 2 aromatic carbocycles. The Morgan fingerprint density at radius 1 is 1.06 bits per heavy atom. The lowest BCUT2D eigenvalue weighted by molar-refractivity contribution is -0.119. The second-order valence-electron chi connectivity index (χ2n) is 8.43. The van der Waals surface area contributed by atoms with Crippen LogP contribution in [0.2, 0.25) is 0 Å². The number of ketones is 1. The Morgan fingerprint density at radius 3 is 2.62 bits per heavy atom. The molecule has 5 rings (SSSR count). The van der Waals surface area contributed by atoms with Gasteiger partial charge in [-0.3, -0.25) is 14.6 Å². The highest BCUT2D eigenvalue weighted by atomic mass is 16.2. The molecule has 2 heterocycles. The summed E-state index contributed by atoms with van der Waals surface area (Å²) in [6.45, 7) is 1.01. The number of hydrogen-bond acceptors (Lipinski definition) is 5. The quantitative estimate of drug-likeness (QED) is 0.601. The zero-order valence-corrected chi connectivity index (χ0v) is 17.9. The van der Waals surface area contributed by atoms with Crippen LogP contribution >= 0.6 is 0 Å². The third-order valence-electron chi connectivity index (χ3n) is 6.29. The standard InChI is InChI=1S/C25H25N5O2/c31-24-15-26-14-13-21(24)19-9-11-20(12-10-19)29(16-18-5-1-2-6-18)25(32)17-30-23-8-4-3-7-22(23)27-28-30/h3-4,7-14,18H,1-2,5-6,15-17H2. The number of nitrogens with zero attached hydrogens (tertiary/aromatic N) is 5. The summed E-state index contributed by atoms with van der Waals surface area (Å²) in [5.74, 6) is 0.502. The fourth-order valence-electron chi connectivity index (χ4n) is 4.57. The summed E-state index contributed by atoms with van der Waals surface area (Å²) in [4.78, 5) is 31.5. The smallest absolute Gasteiger partial charge is 0.248 e. The van der Waals surface area contributed by atoms with Crippen LogP contribution in [0.5, 0.6) is 0 Å². The molecule has 1 saturated carbocycles. The molecular formula is C25H25N5O2. The van der Waals surface area contributed by atoms with Gasteiger partial charge in [0.25, 0.3) is 0 Å². The normalized spacial score (nSPS) is 16.5. The van der Waals surface area contributed by atoms with E-state index in [4.69, 9.17) is 0 Å². The molecule has 0 bridgehead atoms. The SMILES string of the molecule is O=C1CN=CC=C1c1ccc(N(CC2CCCC2)C(=O)Cn2nnc3ccccc32)cc1. The Balaban J connectivity index is 1.41. The van der Waals surface area contributed by atoms with E-state index in [1.165, 1.54) is 12.8 Å². The third kappa shape index (κ3) is 4.10. The van der Waals surface area contributed by atoms with Crippen molar-refractivity contribution in [3.63, 3.8) is 0 Å². The summed E-state index contributed by atoms with van der Waals surface area (Å²) >= 11 is 0. The maximum atomic E-state index is 13.4. The van der Waals surface area contributed by atoms with E-state index in [-0.39, 0.29) is 24.8 Å². The topological polar surface area (TPSA) is 80.5 Å². The van der Waals surface area contributed by atoms with Crippen LogP contribution in [0.1, 0.15) is 31.2 Å². The van der Waals surface area contributed by atoms with Crippen LogP contribution in [0, 0.1) is 5.92 Å². The Labute approximate surface area is 186 Å². The fourth-order valence-corrected chi connectivity index (χ4v) is 4.57. The predicted octanol–water partition coefficient (Wildman–Crippen LogP) is 3.69. The van der Waals surface area contributed by atoms with Gasteiger partial charge in [-0.1, -0.05) is 42.3 Å². The van der Waals surface area contributed by atoms with Gasteiger partial charge in [-0.05, 0) is 54.7 Å². The van der Waals surface area contributed by atoms with E-state index in [9.17, 15) is 9.59 Å². The molecule has 0 saturated heterocycles. The molecule has 162 valence electrons. The molecule has 0 spiro atoms. The molecular weight excluding hydrogens is 402 g/mol. The van der Waals surface area contributed by atoms with Crippen molar-refractivity contribution in [1.82, 2.24) is 15.0 Å². The highest BCUT2D eigenvalue weighted by Crippen LogP contribution is 2.29. The lowest BCUT2D eigenvalue weighted by atomic mass is 9.99. The van der Waals surface area contributed by atoms with Crippen LogP contribution in [0.3, 0.4) is 0 Å². The molecule has 0 N–H and O–H groups in total. The first-order chi connectivity index (χ1) is 15.7. The van der Waals surface area contributed by atoms with E-state index in [1.54, 1.807) is 17.0 Å². The maximum Gasteiger partial charge on any atom is 0.248 e. The lowest BCUT2D eigenvalue weighted by Gasteiger charge is -2.26. The van der Waals surface area contributed by atoms with Crippen molar-refractivity contribution in [3.8, 4) is 0 Å². The molecule has 1 aromatic heterocycles. The van der Waals surface area contributed by atoms with Crippen molar-refractivity contribution in [2.75, 3.05) is 18.0 Å². The number of rotatable bonds is 6. The Hall–Kier alpha value is -3.61. The van der Waals surface area contributed by atoms with Gasteiger partial charge < -0.3 is 4.90 Å². The second kappa shape index (κ2) is 8.86. The molecule has 0 atom stereocenters. The molecule has 2 aliphatic rings. The van der Waals surface area contributed by atoms with Crippen molar-refractivity contribution < 1.29 is 9.59 Å². The fraction of sp³-hybridized carbons (Fsp3) is 0.320. The van der Waals surface area contributed by atoms with Gasteiger partial charge in [-0.25, -0.2) is 4.68 Å². The molecule has 0 radical (unpaired) electrons. The number of para-hydroxylation sites is 1. The molecule has 1 aliphatic carbocycles. The number of amides is 1. The van der Waals surface area contributed by atoms with E-state index < -0.39 is 0 Å². The number of benzene rings is 2. The van der Waals surface area contributed by atoms with Gasteiger partial charge in [0, 0.05) is 24.0 Å². The Kier molecular flexibility index (Phi) is 5.62. The minimum Gasteiger partial charge on any atom is -0.311 e. The van der Waals surface area contributed by atoms with Gasteiger partial charge in [0.05, 0.1) is 5.52 Å². The Morgan fingerprint density at radius 2 is 1.84 bits per heavy atom. The van der Waals surface area contributed by atoms with Gasteiger partial charge in [0.1, 0.15) is 18.6 Å². The third-order valence-corrected chi connectivity index (χ3v) is 6.29. The van der Waals surface area contributed by atoms with E-state index in [0.717, 1.165) is 35.1 Å². The largest absolute Gasteiger partial charge is 0.311 e. The second-order valence-corrected chi connectivity index (χ2v) is 8.43. The molecule has 0 unspecified atom stereocenters. The molecule has 3 aromatic rings. The Bertz CT molecular complexity index is 1200. The van der Waals surface area contributed by atoms with E-state index in [2.05, 4.69) is 15.3 Å². The number of dihydropyridines is 1. The summed E-state index contributed by atoms with van der Waals surface area (Å²) in [5.41, 5.74) is 3.98. The maximum absolute atomic E-state index is 13.4. The summed E-state index contributed by atoms with van der Waals surface area (Å²) in [5, 5.41) is 8.36. The molecule has 1 amide bonds. The average Bonchev–Trinajstić information content (AvgIpc) is 3.48. The van der Waals surface area contributed by atoms with Crippen LogP contribution in [0.15, 0.2) is 59.6 Å². The molecule has 7 nitrogen and oxygen atoms in total. The predicted molar refractivity (Wildman–Crippen MR) is 125 cm³/mol. The zero-order valence-electron chi connectivity index (χ0n) is 17.9. The van der Waals surface area contributed by atoms with Crippen LogP contribution < -0.4 is 4.90 Å². The monoisotopic (exact) mass is 427 g/mol. The number of fused-ring (bicyclic) bond motifs is 1. The number of aliphatic imine (C=N–C) groups is 1. The van der Waals surface area contributed by atoms with Crippen molar-refractivity contribution in [3.05, 3.63) is 60.2 Å². The first-order valence-corrected chi connectivity index (χ1v) is 11.1. The molecule has 1 aliphatic heterocycles. The van der Waals surface area contributed by atoms with Crippen LogP contribution in [-0.2, 0) is 16.1 Å². The number of carbonyl (C=O) groups is 2. The number of anilines is 1. The van der Waals surface area contributed by atoms with Crippen LogP contribution in [0.4, 0.5) is 5.69 Å². The average molecular weight is 428 g/mol. The number of allylic oxidation sites excluding steroid dienone is 1. The number of hydrogen-bond donors (Lipinski definition) is 0. The summed E-state index contributed by atoms with van der Waals surface area (Å²) in [6, 6.07) is 15.4. The van der Waals surface area contributed by atoms with Gasteiger partial charge in [0.15, 0.2) is 5.78 Å². The first-order valence-electron chi connectivity index (χ1n) is 11.1. The lowest BCUT2D eigenvalue weighted by Crippen LogP contribution is -2.37. The minimum atomic E-state index is -0.0135. The van der Waals surface area contributed by atoms with Crippen molar-refractivity contribution in [2.45, 2.75) is 32.2 Å². The van der Waals surface area contributed by atoms with Gasteiger partial charge >= 0.3 is 0 Å². The highest BCUT2D eigenvalue weighted by Gasteiger charge is 2.24. The van der Waals surface area contributed by atoms with E-state index >= 15 is 0 Å². The van der Waals surface area contributed by atoms with E-state index in [1.807, 2.05) is 53.4 Å². The van der Waals surface area contributed by atoms with E-state index in [0.29, 0.717) is 18.0 Å². The minimum absolute atomic E-state index is 0.0113. The molecule has 1 fully saturated rings. The number of Topliss-reactive ketones (excluding diaryl/α,β-unsaturated/α-hetero) is 1. The highest BCUT2D eigenvalue weighted by molar-refractivity contribution is 6.26. The number of carbonyl (C=O) groups excluding carboxylic acids is 2. The van der Waals surface area contributed by atoms with Gasteiger partial charge in [-0.2, -0.15) is 0 Å². The summed E-state index contributed by atoms with van der Waals surface area (Å²) in [7, 11) is 0. The number of aromatic nitrogens is 3. The van der Waals surface area contributed by atoms with Crippen molar-refractivity contribution >= 4 is 40.2 Å². The summed E-state index contributed by atoms with van der Waals surface area (Å²) < 4.78 is 1.67. The zero-order chi connectivity index (χ0) is 21.9. The van der Waals surface area contributed by atoms with Gasteiger partial charge in [0.2, 0.25) is 5.91 Å². The van der Waals surface area contributed by atoms with Crippen molar-refractivity contribution in [2.24, 2.45) is 10.9 Å². The summed E-state index contributed by atoms with van der Waals surface area (Å²) in [6.07, 6.45) is 8.15. The van der Waals surface area contributed by atoms with Crippen molar-refractivity contribution in [1.29, 1.82) is 0 Å². The molecule has 32 heavy (non-hydrogen) atoms. The van der Waals surface area contributed by atoms with Gasteiger partial charge in [-0.15, -0.1) is 5.10 Å². The first kappa shape index (κ1) is 20.3. The van der Waals surface area contributed by atoms with Crippen LogP contribution in [-0.4, -0.2) is 46.0 Å².